The van der Waals surface area contributed by atoms with Crippen LogP contribution in [0, 0.1) is 0 Å². The van der Waals surface area contributed by atoms with Gasteiger partial charge >= 0.3 is 0 Å². The van der Waals surface area contributed by atoms with Crippen LogP contribution in [0.4, 0.5) is 0 Å². The second kappa shape index (κ2) is 8.07. The van der Waals surface area contributed by atoms with Gasteiger partial charge in [-0.25, -0.2) is 4.99 Å². The zero-order valence-electron chi connectivity index (χ0n) is 15.1. The number of nitrogens with one attached hydrogen (secondary N) is 1. The quantitative estimate of drug-likeness (QED) is 0.813. The highest BCUT2D eigenvalue weighted by Crippen LogP contribution is 2.23. The lowest BCUT2D eigenvalue weighted by molar-refractivity contribution is 0.0481. The smallest absolute Gasteiger partial charge is 0.174 e. The van der Waals surface area contributed by atoms with E-state index in [-0.39, 0.29) is 0 Å². The number of rotatable bonds is 3. The fourth-order valence-electron chi connectivity index (χ4n) is 3.65. The summed E-state index contributed by atoms with van der Waals surface area (Å²) in [4.78, 5) is 9.42. The van der Waals surface area contributed by atoms with Gasteiger partial charge in [0.2, 0.25) is 0 Å². The Morgan fingerprint density at radius 3 is 2.23 bits per heavy atom. The number of amidine groups is 1. The zero-order chi connectivity index (χ0) is 17.8. The molecule has 0 bridgehead atoms. The van der Waals surface area contributed by atoms with E-state index in [0.717, 1.165) is 70.7 Å². The van der Waals surface area contributed by atoms with E-state index in [0.29, 0.717) is 0 Å². The molecule has 0 spiro atoms. The molecule has 1 aromatic rings. The van der Waals surface area contributed by atoms with Crippen molar-refractivity contribution in [3.8, 4) is 0 Å². The summed E-state index contributed by atoms with van der Waals surface area (Å²) in [6.45, 7) is 6.36. The molecule has 0 amide bonds. The molecule has 140 valence electrons. The van der Waals surface area contributed by atoms with E-state index >= 15 is 0 Å². The van der Waals surface area contributed by atoms with E-state index in [2.05, 4.69) is 39.4 Å². The molecule has 1 aromatic carbocycles. The monoisotopic (exact) mass is 357 g/mol. The molecule has 2 fully saturated rings. The minimum atomic E-state index is -0.426. The van der Waals surface area contributed by atoms with Crippen molar-refractivity contribution < 1.29 is 9.47 Å². The van der Waals surface area contributed by atoms with Gasteiger partial charge in [-0.2, -0.15) is 0 Å². The molecule has 3 heterocycles. The predicted molar refractivity (Wildman–Crippen MR) is 101 cm³/mol. The van der Waals surface area contributed by atoms with Crippen LogP contribution in [-0.2, 0) is 15.9 Å². The molecule has 4 rings (SSSR count). The van der Waals surface area contributed by atoms with Crippen LogP contribution in [0.15, 0.2) is 46.7 Å². The van der Waals surface area contributed by atoms with E-state index in [1.165, 1.54) is 11.1 Å². The third-order valence-electron chi connectivity index (χ3n) is 4.96. The Morgan fingerprint density at radius 1 is 0.962 bits per heavy atom. The predicted octanol–water partition coefficient (Wildman–Crippen LogP) is 0.349. The van der Waals surface area contributed by atoms with Gasteiger partial charge in [-0.3, -0.25) is 5.73 Å². The molecule has 7 heteroatoms. The van der Waals surface area contributed by atoms with Crippen molar-refractivity contribution in [3.05, 3.63) is 47.3 Å². The van der Waals surface area contributed by atoms with Crippen LogP contribution in [0.1, 0.15) is 5.56 Å². The van der Waals surface area contributed by atoms with Crippen LogP contribution in [0.2, 0.25) is 0 Å². The summed E-state index contributed by atoms with van der Waals surface area (Å²) >= 11 is 0. The van der Waals surface area contributed by atoms with Gasteiger partial charge in [-0.15, -0.1) is 0 Å². The molecule has 1 atom stereocenters. The molecule has 3 N–H and O–H groups in total. The van der Waals surface area contributed by atoms with Crippen molar-refractivity contribution in [2.75, 3.05) is 52.6 Å². The summed E-state index contributed by atoms with van der Waals surface area (Å²) in [5, 5.41) is 3.41. The molecule has 2 saturated heterocycles. The van der Waals surface area contributed by atoms with Gasteiger partial charge in [0, 0.05) is 38.2 Å². The Labute approximate surface area is 154 Å². The van der Waals surface area contributed by atoms with E-state index in [1.54, 1.807) is 0 Å². The van der Waals surface area contributed by atoms with Gasteiger partial charge in [0.15, 0.2) is 6.29 Å². The van der Waals surface area contributed by atoms with Crippen molar-refractivity contribution in [3.63, 3.8) is 0 Å². The molecule has 0 aliphatic carbocycles. The molecular formula is C19H27N5O2. The van der Waals surface area contributed by atoms with Gasteiger partial charge in [-0.1, -0.05) is 30.3 Å². The van der Waals surface area contributed by atoms with E-state index in [1.807, 2.05) is 6.07 Å². The molecule has 1 unspecified atom stereocenters. The third-order valence-corrected chi connectivity index (χ3v) is 4.96. The largest absolute Gasteiger partial charge is 0.378 e. The highest BCUT2D eigenvalue weighted by atomic mass is 16.5. The average Bonchev–Trinajstić information content (AvgIpc) is 2.71. The number of aliphatic imine (C=N–C) groups is 1. The van der Waals surface area contributed by atoms with Crippen LogP contribution >= 0.6 is 0 Å². The summed E-state index contributed by atoms with van der Waals surface area (Å²) in [5.41, 5.74) is 8.72. The topological polar surface area (TPSA) is 75.3 Å². The van der Waals surface area contributed by atoms with Gasteiger partial charge in [0.1, 0.15) is 11.7 Å². The minimum absolute atomic E-state index is 0.426. The number of ether oxygens (including phenoxy) is 2. The van der Waals surface area contributed by atoms with Gasteiger partial charge in [0.05, 0.1) is 26.4 Å². The van der Waals surface area contributed by atoms with Crippen LogP contribution in [0.5, 0.6) is 0 Å². The van der Waals surface area contributed by atoms with Crippen LogP contribution in [0.25, 0.3) is 0 Å². The number of hydrogen-bond donors (Lipinski definition) is 2. The molecule has 3 aliphatic rings. The number of nitrogens with two attached hydrogens (primary N) is 1. The summed E-state index contributed by atoms with van der Waals surface area (Å²) in [6, 6.07) is 10.5. The van der Waals surface area contributed by atoms with Crippen LogP contribution in [-0.4, -0.2) is 74.5 Å². The highest BCUT2D eigenvalue weighted by Gasteiger charge is 2.30. The van der Waals surface area contributed by atoms with E-state index < -0.39 is 6.29 Å². The van der Waals surface area contributed by atoms with Crippen molar-refractivity contribution in [1.29, 1.82) is 0 Å². The molecule has 7 nitrogen and oxygen atoms in total. The number of benzene rings is 1. The summed E-state index contributed by atoms with van der Waals surface area (Å²) in [7, 11) is 0. The van der Waals surface area contributed by atoms with Crippen molar-refractivity contribution >= 4 is 5.84 Å². The first-order valence-corrected chi connectivity index (χ1v) is 9.34. The van der Waals surface area contributed by atoms with Crippen molar-refractivity contribution in [2.45, 2.75) is 12.7 Å². The van der Waals surface area contributed by atoms with Crippen LogP contribution < -0.4 is 11.1 Å². The lowest BCUT2D eigenvalue weighted by atomic mass is 10.0. The van der Waals surface area contributed by atoms with E-state index in [4.69, 9.17) is 20.2 Å². The Hall–Kier alpha value is -2.09. The average molecular weight is 357 g/mol. The summed E-state index contributed by atoms with van der Waals surface area (Å²) in [6.07, 6.45) is 0.397. The Kier molecular flexibility index (Phi) is 5.38. The third kappa shape index (κ3) is 3.85. The zero-order valence-corrected chi connectivity index (χ0v) is 15.1. The Balaban J connectivity index is 1.70. The molecule has 0 radical (unpaired) electrons. The first-order chi connectivity index (χ1) is 12.8. The Morgan fingerprint density at radius 2 is 1.58 bits per heavy atom. The second-order valence-electron chi connectivity index (χ2n) is 6.73. The molecular weight excluding hydrogens is 330 g/mol. The van der Waals surface area contributed by atoms with Gasteiger partial charge < -0.3 is 24.6 Å². The SMILES string of the molecule is NC1N=C(N2CCOCC2)C(Cc2ccccc2)=C(N2CCOCC2)N1. The maximum Gasteiger partial charge on any atom is 0.174 e. The van der Waals surface area contributed by atoms with Gasteiger partial charge in [0.25, 0.3) is 0 Å². The minimum Gasteiger partial charge on any atom is -0.378 e. The molecule has 26 heavy (non-hydrogen) atoms. The molecule has 0 saturated carbocycles. The normalized spacial score (nSPS) is 24.3. The van der Waals surface area contributed by atoms with Crippen molar-refractivity contribution in [1.82, 2.24) is 15.1 Å². The number of nitrogens with zero attached hydrogens (tertiary/aromatic N) is 3. The molecule has 0 aromatic heterocycles. The highest BCUT2D eigenvalue weighted by molar-refractivity contribution is 6.00. The lowest BCUT2D eigenvalue weighted by Crippen LogP contribution is -2.53. The van der Waals surface area contributed by atoms with E-state index in [9.17, 15) is 0 Å². The van der Waals surface area contributed by atoms with Crippen LogP contribution in [0.3, 0.4) is 0 Å². The number of morpholine rings is 2. The van der Waals surface area contributed by atoms with Crippen molar-refractivity contribution in [2.24, 2.45) is 10.7 Å². The number of hydrogen-bond acceptors (Lipinski definition) is 7. The first kappa shape index (κ1) is 17.3. The Bertz CT molecular complexity index is 664. The summed E-state index contributed by atoms with van der Waals surface area (Å²) in [5.74, 6) is 2.10. The van der Waals surface area contributed by atoms with Gasteiger partial charge in [-0.05, 0) is 5.56 Å². The maximum absolute atomic E-state index is 6.24. The maximum atomic E-state index is 6.24. The molecule has 3 aliphatic heterocycles. The fourth-order valence-corrected chi connectivity index (χ4v) is 3.65. The fraction of sp³-hybridized carbons (Fsp3) is 0.526. The standard InChI is InChI=1S/C19H27N5O2/c20-19-21-17(23-6-10-25-11-7-23)16(14-15-4-2-1-3-5-15)18(22-19)24-8-12-26-13-9-24/h1-5,19,21H,6-14,20H2. The lowest BCUT2D eigenvalue weighted by Gasteiger charge is -2.40. The first-order valence-electron chi connectivity index (χ1n) is 9.34. The summed E-state index contributed by atoms with van der Waals surface area (Å²) < 4.78 is 11.1. The second-order valence-corrected chi connectivity index (χ2v) is 6.73.